The number of thioether (sulfide) groups is 1. The fourth-order valence-corrected chi connectivity index (χ4v) is 4.41. The van der Waals surface area contributed by atoms with Crippen molar-refractivity contribution in [3.8, 4) is 0 Å². The van der Waals surface area contributed by atoms with Gasteiger partial charge in [-0.1, -0.05) is 11.8 Å². The highest BCUT2D eigenvalue weighted by molar-refractivity contribution is 8.04. The second-order valence-corrected chi connectivity index (χ2v) is 7.80. The number of aryl methyl sites for hydroxylation is 1. The number of hydrogen-bond donors (Lipinski definition) is 1. The number of benzene rings is 1. The average molecular weight is 428 g/mol. The zero-order chi connectivity index (χ0) is 21.4. The van der Waals surface area contributed by atoms with Gasteiger partial charge in [-0.05, 0) is 23.8 Å². The van der Waals surface area contributed by atoms with Crippen LogP contribution in [0, 0.1) is 10.1 Å². The summed E-state index contributed by atoms with van der Waals surface area (Å²) in [7, 11) is 1.77. The molecule has 0 spiro atoms. The second-order valence-electron chi connectivity index (χ2n) is 6.62. The second kappa shape index (κ2) is 7.76. The summed E-state index contributed by atoms with van der Waals surface area (Å²) in [5, 5.41) is 24.0. The van der Waals surface area contributed by atoms with Crippen molar-refractivity contribution in [2.75, 3.05) is 6.61 Å². The lowest BCUT2D eigenvalue weighted by molar-refractivity contribution is -0.384. The van der Waals surface area contributed by atoms with Gasteiger partial charge in [0, 0.05) is 35.8 Å². The number of aromatic nitrogens is 2. The first-order valence-electron chi connectivity index (χ1n) is 8.84. The molecule has 1 aromatic carbocycles. The Morgan fingerprint density at radius 1 is 1.40 bits per heavy atom. The van der Waals surface area contributed by atoms with Gasteiger partial charge in [-0.3, -0.25) is 24.5 Å². The third-order valence-corrected chi connectivity index (χ3v) is 5.92. The summed E-state index contributed by atoms with van der Waals surface area (Å²) >= 11 is 1.23. The smallest absolute Gasteiger partial charge is 0.356 e. The zero-order valence-corrected chi connectivity index (χ0v) is 16.5. The third-order valence-electron chi connectivity index (χ3n) is 4.63. The molecule has 4 rings (SSSR count). The zero-order valence-electron chi connectivity index (χ0n) is 15.7. The molecule has 0 aliphatic carbocycles. The van der Waals surface area contributed by atoms with Gasteiger partial charge >= 0.3 is 5.97 Å². The summed E-state index contributed by atoms with van der Waals surface area (Å²) in [4.78, 5) is 37.1. The maximum Gasteiger partial charge on any atom is 0.356 e. The fourth-order valence-electron chi connectivity index (χ4n) is 3.17. The SMILES string of the molecule is Cn1cc(/C=C2/C(=O)N3C(C(=O)OCc4ccc([N+](=O)[O-])cc4)=C(CO)S[C@H]23)cn1. The van der Waals surface area contributed by atoms with E-state index in [1.165, 1.54) is 40.9 Å². The molecule has 1 atom stereocenters. The molecular weight excluding hydrogens is 412 g/mol. The first-order chi connectivity index (χ1) is 14.4. The summed E-state index contributed by atoms with van der Waals surface area (Å²) in [5.74, 6) is -1.07. The van der Waals surface area contributed by atoms with Gasteiger partial charge in [0.25, 0.3) is 11.6 Å². The van der Waals surface area contributed by atoms with E-state index in [1.54, 1.807) is 30.2 Å². The molecule has 154 valence electrons. The number of rotatable bonds is 6. The van der Waals surface area contributed by atoms with E-state index >= 15 is 0 Å². The molecule has 1 aromatic heterocycles. The number of carbonyl (C=O) groups excluding carboxylic acids is 2. The molecule has 1 fully saturated rings. The normalized spacial score (nSPS) is 19.1. The van der Waals surface area contributed by atoms with Crippen LogP contribution in [-0.4, -0.2) is 48.6 Å². The monoisotopic (exact) mass is 428 g/mol. The fraction of sp³-hybridized carbons (Fsp3) is 0.211. The average Bonchev–Trinajstić information content (AvgIpc) is 3.31. The van der Waals surface area contributed by atoms with Crippen molar-refractivity contribution in [2.45, 2.75) is 12.0 Å². The number of hydrogen-bond acceptors (Lipinski definition) is 8. The third kappa shape index (κ3) is 3.48. The molecule has 2 aromatic rings. The number of aliphatic hydroxyl groups excluding tert-OH is 1. The van der Waals surface area contributed by atoms with E-state index in [0.717, 1.165) is 5.56 Å². The van der Waals surface area contributed by atoms with E-state index in [-0.39, 0.29) is 23.9 Å². The Morgan fingerprint density at radius 2 is 2.13 bits per heavy atom. The van der Waals surface area contributed by atoms with Crippen LogP contribution in [0.25, 0.3) is 6.08 Å². The lowest BCUT2D eigenvalue weighted by Gasteiger charge is -2.37. The number of β-lactam (4-membered cyclic amide) rings is 1. The molecular formula is C19H16N4O6S. The molecule has 3 heterocycles. The predicted octanol–water partition coefficient (Wildman–Crippen LogP) is 1.57. The number of non-ortho nitro benzene ring substituents is 1. The molecule has 0 unspecified atom stereocenters. The van der Waals surface area contributed by atoms with E-state index in [2.05, 4.69) is 5.10 Å². The Kier molecular flexibility index (Phi) is 5.14. The summed E-state index contributed by atoms with van der Waals surface area (Å²) in [6.45, 7) is -0.512. The number of nitro benzene ring substituents is 1. The Labute approximate surface area is 174 Å². The van der Waals surface area contributed by atoms with E-state index in [0.29, 0.717) is 16.0 Å². The molecule has 30 heavy (non-hydrogen) atoms. The lowest BCUT2D eigenvalue weighted by Crippen LogP contribution is -2.51. The van der Waals surface area contributed by atoms with Crippen molar-refractivity contribution >= 4 is 35.4 Å². The van der Waals surface area contributed by atoms with Crippen LogP contribution in [0.5, 0.6) is 0 Å². The van der Waals surface area contributed by atoms with Gasteiger partial charge in [-0.15, -0.1) is 0 Å². The van der Waals surface area contributed by atoms with Gasteiger partial charge in [0.2, 0.25) is 0 Å². The molecule has 1 saturated heterocycles. The number of fused-ring (bicyclic) bond motifs is 1. The summed E-state index contributed by atoms with van der Waals surface area (Å²) in [6, 6.07) is 5.61. The molecule has 11 heteroatoms. The van der Waals surface area contributed by atoms with Gasteiger partial charge in [0.05, 0.1) is 23.3 Å². The van der Waals surface area contributed by atoms with Gasteiger partial charge in [0.15, 0.2) is 0 Å². The molecule has 2 aliphatic heterocycles. The standard InChI is InChI=1S/C19H16N4O6S/c1-21-8-12(7-20-21)6-14-17(25)22-16(15(9-24)30-18(14)22)19(26)29-10-11-2-4-13(5-3-11)23(27)28/h2-8,18,24H,9-10H2,1H3/b14-6-/t18-/m1/s1. The summed E-state index contributed by atoms with van der Waals surface area (Å²) in [6.07, 6.45) is 5.11. The molecule has 2 aliphatic rings. The minimum absolute atomic E-state index is 0.0303. The van der Waals surface area contributed by atoms with Gasteiger partial charge in [0.1, 0.15) is 17.7 Å². The van der Waals surface area contributed by atoms with E-state index < -0.39 is 22.9 Å². The van der Waals surface area contributed by atoms with Crippen LogP contribution in [-0.2, 0) is 28.0 Å². The first-order valence-corrected chi connectivity index (χ1v) is 9.72. The van der Waals surface area contributed by atoms with Crippen molar-refractivity contribution in [3.63, 3.8) is 0 Å². The van der Waals surface area contributed by atoms with Crippen LogP contribution in [0.15, 0.2) is 52.8 Å². The number of amides is 1. The van der Waals surface area contributed by atoms with Crippen molar-refractivity contribution in [1.82, 2.24) is 14.7 Å². The summed E-state index contributed by atoms with van der Waals surface area (Å²) in [5.41, 5.74) is 1.81. The Hall–Kier alpha value is -3.44. The number of nitrogens with zero attached hydrogens (tertiary/aromatic N) is 4. The minimum atomic E-state index is -0.735. The van der Waals surface area contributed by atoms with Crippen LogP contribution in [0.3, 0.4) is 0 Å². The lowest BCUT2D eigenvalue weighted by atomic mass is 10.0. The van der Waals surface area contributed by atoms with Gasteiger partial charge < -0.3 is 9.84 Å². The van der Waals surface area contributed by atoms with Crippen molar-refractivity contribution < 1.29 is 24.4 Å². The van der Waals surface area contributed by atoms with Crippen LogP contribution in [0.4, 0.5) is 5.69 Å². The largest absolute Gasteiger partial charge is 0.456 e. The van der Waals surface area contributed by atoms with Crippen LogP contribution in [0.2, 0.25) is 0 Å². The van der Waals surface area contributed by atoms with E-state index in [1.807, 2.05) is 0 Å². The molecule has 1 amide bonds. The molecule has 10 nitrogen and oxygen atoms in total. The Morgan fingerprint density at radius 3 is 2.73 bits per heavy atom. The van der Waals surface area contributed by atoms with Crippen molar-refractivity contribution in [2.24, 2.45) is 7.05 Å². The molecule has 0 bridgehead atoms. The predicted molar refractivity (Wildman–Crippen MR) is 106 cm³/mol. The van der Waals surface area contributed by atoms with Crippen LogP contribution < -0.4 is 0 Å². The van der Waals surface area contributed by atoms with Crippen molar-refractivity contribution in [1.29, 1.82) is 0 Å². The molecule has 1 N–H and O–H groups in total. The van der Waals surface area contributed by atoms with Crippen LogP contribution >= 0.6 is 11.8 Å². The number of carbonyl (C=O) groups is 2. The number of esters is 1. The molecule has 0 radical (unpaired) electrons. The summed E-state index contributed by atoms with van der Waals surface area (Å²) < 4.78 is 6.90. The Bertz CT molecular complexity index is 1100. The Balaban J connectivity index is 1.47. The highest BCUT2D eigenvalue weighted by Gasteiger charge is 2.52. The first kappa shape index (κ1) is 19.9. The topological polar surface area (TPSA) is 128 Å². The maximum atomic E-state index is 12.6. The number of aliphatic hydroxyl groups is 1. The maximum absolute atomic E-state index is 12.6. The van der Waals surface area contributed by atoms with E-state index in [9.17, 15) is 24.8 Å². The van der Waals surface area contributed by atoms with Crippen molar-refractivity contribution in [3.05, 3.63) is 74.1 Å². The van der Waals surface area contributed by atoms with Gasteiger partial charge in [-0.2, -0.15) is 5.10 Å². The van der Waals surface area contributed by atoms with Gasteiger partial charge in [-0.25, -0.2) is 4.79 Å². The molecule has 0 saturated carbocycles. The highest BCUT2D eigenvalue weighted by atomic mass is 32.2. The van der Waals surface area contributed by atoms with E-state index in [4.69, 9.17) is 4.74 Å². The highest BCUT2D eigenvalue weighted by Crippen LogP contribution is 2.49. The quantitative estimate of drug-likeness (QED) is 0.241. The number of nitro groups is 1. The minimum Gasteiger partial charge on any atom is -0.456 e. The number of ether oxygens (including phenoxy) is 1. The van der Waals surface area contributed by atoms with Crippen LogP contribution in [0.1, 0.15) is 11.1 Å².